The Kier molecular flexibility index (Phi) is 6.72. The predicted molar refractivity (Wildman–Crippen MR) is 115 cm³/mol. The van der Waals surface area contributed by atoms with E-state index in [1.807, 2.05) is 24.3 Å². The Morgan fingerprint density at radius 2 is 1.93 bits per heavy atom. The minimum atomic E-state index is -0.894. The number of hydrogen-bond donors (Lipinski definition) is 1. The van der Waals surface area contributed by atoms with Crippen molar-refractivity contribution in [2.24, 2.45) is 0 Å². The minimum absolute atomic E-state index is 0.00608. The molecule has 144 valence electrons. The number of nitrogens with zero attached hydrogens (tertiary/aromatic N) is 1. The summed E-state index contributed by atoms with van der Waals surface area (Å²) in [4.78, 5) is 25.2. The summed E-state index contributed by atoms with van der Waals surface area (Å²) in [5.74, 6) is 0.114. The Morgan fingerprint density at radius 3 is 2.64 bits per heavy atom. The van der Waals surface area contributed by atoms with Crippen LogP contribution in [0.1, 0.15) is 18.4 Å². The van der Waals surface area contributed by atoms with E-state index >= 15 is 0 Å². The number of rotatable bonds is 7. The Bertz CT molecular complexity index is 943. The normalized spacial score (nSPS) is 15.3. The number of carbonyl (C=O) groups excluding carboxylic acids is 1. The molecule has 0 radical (unpaired) electrons. The number of ether oxygens (including phenoxy) is 1. The van der Waals surface area contributed by atoms with Crippen molar-refractivity contribution in [2.75, 3.05) is 6.54 Å². The summed E-state index contributed by atoms with van der Waals surface area (Å²) < 4.78 is 6.35. The van der Waals surface area contributed by atoms with Crippen LogP contribution in [0.25, 0.3) is 6.08 Å². The lowest BCUT2D eigenvalue weighted by atomic mass is 10.2. The molecule has 0 aromatic heterocycles. The molecule has 28 heavy (non-hydrogen) atoms. The summed E-state index contributed by atoms with van der Waals surface area (Å²) in [5, 5.41) is 9.38. The first kappa shape index (κ1) is 20.4. The van der Waals surface area contributed by atoms with Gasteiger partial charge in [-0.3, -0.25) is 14.5 Å². The molecule has 0 bridgehead atoms. The van der Waals surface area contributed by atoms with Crippen LogP contribution in [0.5, 0.6) is 11.5 Å². The topological polar surface area (TPSA) is 66.8 Å². The highest BCUT2D eigenvalue weighted by Crippen LogP contribution is 2.35. The molecular weight excluding hydrogens is 418 g/mol. The highest BCUT2D eigenvalue weighted by atomic mass is 35.5. The van der Waals surface area contributed by atoms with Gasteiger partial charge in [0.15, 0.2) is 0 Å². The average Bonchev–Trinajstić information content (AvgIpc) is 2.92. The zero-order valence-corrected chi connectivity index (χ0v) is 17.0. The molecule has 1 fully saturated rings. The number of hydrogen-bond acceptors (Lipinski definition) is 5. The van der Waals surface area contributed by atoms with Crippen LogP contribution < -0.4 is 4.74 Å². The Labute approximate surface area is 176 Å². The van der Waals surface area contributed by atoms with Gasteiger partial charge in [0.05, 0.1) is 4.91 Å². The maximum Gasteiger partial charge on any atom is 0.303 e. The van der Waals surface area contributed by atoms with Crippen molar-refractivity contribution in [1.29, 1.82) is 0 Å². The van der Waals surface area contributed by atoms with E-state index in [1.165, 1.54) is 16.7 Å². The monoisotopic (exact) mass is 433 g/mol. The molecule has 0 unspecified atom stereocenters. The van der Waals surface area contributed by atoms with Gasteiger partial charge in [0.25, 0.3) is 5.91 Å². The number of para-hydroxylation sites is 1. The van der Waals surface area contributed by atoms with E-state index in [-0.39, 0.29) is 18.9 Å². The fourth-order valence-electron chi connectivity index (χ4n) is 2.54. The Morgan fingerprint density at radius 1 is 1.21 bits per heavy atom. The number of carboxylic acids is 1. The number of thioether (sulfide) groups is 1. The SMILES string of the molecule is O=C(O)CCCN1C(=O)C(=Cc2ccccc2Oc2ccc(Cl)cc2)SC1=S. The van der Waals surface area contributed by atoms with Crippen LogP contribution in [0.2, 0.25) is 5.02 Å². The lowest BCUT2D eigenvalue weighted by Gasteiger charge is -2.13. The van der Waals surface area contributed by atoms with Crippen molar-refractivity contribution >= 4 is 57.9 Å². The van der Waals surface area contributed by atoms with E-state index in [9.17, 15) is 9.59 Å². The van der Waals surface area contributed by atoms with Crippen molar-refractivity contribution in [3.63, 3.8) is 0 Å². The summed E-state index contributed by atoms with van der Waals surface area (Å²) in [5.41, 5.74) is 0.739. The Hall–Kier alpha value is -2.35. The number of thiocarbonyl (C=S) groups is 1. The smallest absolute Gasteiger partial charge is 0.303 e. The zero-order chi connectivity index (χ0) is 20.1. The highest BCUT2D eigenvalue weighted by molar-refractivity contribution is 8.26. The van der Waals surface area contributed by atoms with Crippen LogP contribution in [-0.4, -0.2) is 32.7 Å². The van der Waals surface area contributed by atoms with Gasteiger partial charge in [0, 0.05) is 23.6 Å². The van der Waals surface area contributed by atoms with Crippen molar-refractivity contribution in [2.45, 2.75) is 12.8 Å². The van der Waals surface area contributed by atoms with Gasteiger partial charge in [-0.15, -0.1) is 0 Å². The number of amides is 1. The molecule has 0 atom stereocenters. The molecular formula is C20H16ClNO4S2. The number of carbonyl (C=O) groups is 2. The van der Waals surface area contributed by atoms with E-state index in [2.05, 4.69) is 0 Å². The third kappa shape index (κ3) is 5.13. The summed E-state index contributed by atoms with van der Waals surface area (Å²) >= 11 is 12.4. The van der Waals surface area contributed by atoms with E-state index in [1.54, 1.807) is 30.3 Å². The molecule has 1 amide bonds. The molecule has 1 aliphatic rings. The van der Waals surface area contributed by atoms with Crippen LogP contribution >= 0.6 is 35.6 Å². The summed E-state index contributed by atoms with van der Waals surface area (Å²) in [6.07, 6.45) is 2.08. The van der Waals surface area contributed by atoms with Gasteiger partial charge in [-0.25, -0.2) is 0 Å². The van der Waals surface area contributed by atoms with Crippen molar-refractivity contribution in [3.05, 3.63) is 64.0 Å². The summed E-state index contributed by atoms with van der Waals surface area (Å²) in [7, 11) is 0. The predicted octanol–water partition coefficient (Wildman–Crippen LogP) is 5.20. The molecule has 5 nitrogen and oxygen atoms in total. The fraction of sp³-hybridized carbons (Fsp3) is 0.150. The van der Waals surface area contributed by atoms with Gasteiger partial charge in [0.2, 0.25) is 0 Å². The minimum Gasteiger partial charge on any atom is -0.481 e. The third-order valence-electron chi connectivity index (χ3n) is 3.89. The fourth-order valence-corrected chi connectivity index (χ4v) is 3.97. The third-order valence-corrected chi connectivity index (χ3v) is 5.52. The first-order chi connectivity index (χ1) is 13.4. The number of aliphatic carboxylic acids is 1. The Balaban J connectivity index is 1.78. The van der Waals surface area contributed by atoms with Crippen LogP contribution in [0.15, 0.2) is 53.4 Å². The van der Waals surface area contributed by atoms with E-state index in [0.29, 0.717) is 32.2 Å². The van der Waals surface area contributed by atoms with Gasteiger partial charge in [-0.1, -0.05) is 53.8 Å². The molecule has 0 aliphatic carbocycles. The second kappa shape index (κ2) is 9.23. The molecule has 1 saturated heterocycles. The molecule has 2 aromatic rings. The van der Waals surface area contributed by atoms with Gasteiger partial charge < -0.3 is 9.84 Å². The van der Waals surface area contributed by atoms with Crippen molar-refractivity contribution in [3.8, 4) is 11.5 Å². The van der Waals surface area contributed by atoms with Crippen LogP contribution in [0.4, 0.5) is 0 Å². The van der Waals surface area contributed by atoms with Gasteiger partial charge in [-0.05, 0) is 42.8 Å². The standard InChI is InChI=1S/C20H16ClNO4S2/c21-14-7-9-15(10-8-14)26-16-5-2-1-4-13(16)12-17-19(25)22(20(27)28-17)11-3-6-18(23)24/h1-2,4-5,7-10,12H,3,6,11H2,(H,23,24). The number of halogens is 1. The average molecular weight is 434 g/mol. The molecule has 8 heteroatoms. The molecule has 2 aromatic carbocycles. The number of carboxylic acid groups (broad SMARTS) is 1. The molecule has 0 saturated carbocycles. The maximum atomic E-state index is 12.6. The summed E-state index contributed by atoms with van der Waals surface area (Å²) in [6.45, 7) is 0.289. The van der Waals surface area contributed by atoms with Gasteiger partial charge in [-0.2, -0.15) is 0 Å². The van der Waals surface area contributed by atoms with Crippen LogP contribution in [0, 0.1) is 0 Å². The molecule has 1 N–H and O–H groups in total. The highest BCUT2D eigenvalue weighted by Gasteiger charge is 2.31. The van der Waals surface area contributed by atoms with Gasteiger partial charge in [0.1, 0.15) is 15.8 Å². The zero-order valence-electron chi connectivity index (χ0n) is 14.6. The molecule has 1 aliphatic heterocycles. The molecule has 1 heterocycles. The lowest BCUT2D eigenvalue weighted by Crippen LogP contribution is -2.29. The molecule has 0 spiro atoms. The van der Waals surface area contributed by atoms with Crippen molar-refractivity contribution < 1.29 is 19.4 Å². The van der Waals surface area contributed by atoms with Gasteiger partial charge >= 0.3 is 5.97 Å². The molecule has 3 rings (SSSR count). The van der Waals surface area contributed by atoms with E-state index < -0.39 is 5.97 Å². The van der Waals surface area contributed by atoms with E-state index in [4.69, 9.17) is 33.7 Å². The van der Waals surface area contributed by atoms with Crippen LogP contribution in [-0.2, 0) is 9.59 Å². The van der Waals surface area contributed by atoms with E-state index in [0.717, 1.165) is 5.56 Å². The summed E-state index contributed by atoms with van der Waals surface area (Å²) in [6, 6.07) is 14.4. The maximum absolute atomic E-state index is 12.6. The first-order valence-electron chi connectivity index (χ1n) is 8.43. The largest absolute Gasteiger partial charge is 0.481 e. The number of benzene rings is 2. The second-order valence-electron chi connectivity index (χ2n) is 5.92. The van der Waals surface area contributed by atoms with Crippen molar-refractivity contribution in [1.82, 2.24) is 4.90 Å². The first-order valence-corrected chi connectivity index (χ1v) is 10.0. The quantitative estimate of drug-likeness (QED) is 0.478. The lowest BCUT2D eigenvalue weighted by molar-refractivity contribution is -0.137. The van der Waals surface area contributed by atoms with Crippen LogP contribution in [0.3, 0.4) is 0 Å². The second-order valence-corrected chi connectivity index (χ2v) is 8.04.